The zero-order valence-corrected chi connectivity index (χ0v) is 13.4. The van der Waals surface area contributed by atoms with Crippen LogP contribution in [0.1, 0.15) is 25.8 Å². The number of halogens is 2. The van der Waals surface area contributed by atoms with Crippen LogP contribution in [0.2, 0.25) is 10.0 Å². The molecule has 1 aromatic rings. The number of hydrogen-bond donors (Lipinski definition) is 1. The van der Waals surface area contributed by atoms with Crippen LogP contribution in [0, 0.1) is 5.92 Å². The van der Waals surface area contributed by atoms with Gasteiger partial charge in [-0.1, -0.05) is 43.1 Å². The smallest absolute Gasteiger partial charge is 0.224 e. The molecule has 0 aliphatic heterocycles. The van der Waals surface area contributed by atoms with Gasteiger partial charge in [-0.3, -0.25) is 4.79 Å². The Bertz CT molecular complexity index is 416. The predicted molar refractivity (Wildman–Crippen MR) is 83.4 cm³/mol. The molecule has 1 rings (SSSR count). The molecule has 0 aliphatic carbocycles. The second kappa shape index (κ2) is 9.22. The molecule has 0 heterocycles. The van der Waals surface area contributed by atoms with Crippen LogP contribution in [0.4, 0.5) is 0 Å². The Morgan fingerprint density at radius 1 is 1.30 bits per heavy atom. The number of carbonyl (C=O) groups excluding carboxylic acids is 1. The molecule has 0 radical (unpaired) electrons. The van der Waals surface area contributed by atoms with Crippen molar-refractivity contribution in [3.05, 3.63) is 33.8 Å². The summed E-state index contributed by atoms with van der Waals surface area (Å²) >= 11 is 12.0. The lowest BCUT2D eigenvalue weighted by Gasteiger charge is -2.09. The van der Waals surface area contributed by atoms with Gasteiger partial charge in [-0.25, -0.2) is 0 Å². The summed E-state index contributed by atoms with van der Waals surface area (Å²) in [7, 11) is 0. The molecule has 0 aromatic heterocycles. The average molecular weight is 318 g/mol. The van der Waals surface area contributed by atoms with Crippen molar-refractivity contribution >= 4 is 29.1 Å². The third-order valence-electron chi connectivity index (χ3n) is 2.64. The van der Waals surface area contributed by atoms with Crippen molar-refractivity contribution in [1.29, 1.82) is 0 Å². The van der Waals surface area contributed by atoms with Crippen LogP contribution < -0.4 is 5.32 Å². The SMILES string of the molecule is CC(C)COCCCNC(=O)Cc1c(Cl)cccc1Cl. The zero-order valence-electron chi connectivity index (χ0n) is 11.9. The molecule has 0 unspecified atom stereocenters. The number of rotatable bonds is 8. The van der Waals surface area contributed by atoms with E-state index in [1.165, 1.54) is 0 Å². The summed E-state index contributed by atoms with van der Waals surface area (Å²) in [6.07, 6.45) is 1.00. The van der Waals surface area contributed by atoms with E-state index in [1.54, 1.807) is 18.2 Å². The van der Waals surface area contributed by atoms with Gasteiger partial charge < -0.3 is 10.1 Å². The molecule has 0 atom stereocenters. The molecule has 0 saturated heterocycles. The van der Waals surface area contributed by atoms with E-state index >= 15 is 0 Å². The summed E-state index contributed by atoms with van der Waals surface area (Å²) in [5.74, 6) is 0.454. The Kier molecular flexibility index (Phi) is 7.97. The Morgan fingerprint density at radius 2 is 1.95 bits per heavy atom. The van der Waals surface area contributed by atoms with Crippen LogP contribution in [0.25, 0.3) is 0 Å². The van der Waals surface area contributed by atoms with E-state index in [4.69, 9.17) is 27.9 Å². The number of hydrogen-bond acceptors (Lipinski definition) is 2. The molecule has 0 saturated carbocycles. The molecule has 0 bridgehead atoms. The predicted octanol–water partition coefficient (Wildman–Crippen LogP) is 3.71. The fraction of sp³-hybridized carbons (Fsp3) is 0.533. The molecule has 5 heteroatoms. The van der Waals surface area contributed by atoms with E-state index in [2.05, 4.69) is 19.2 Å². The highest BCUT2D eigenvalue weighted by atomic mass is 35.5. The molecular formula is C15H21Cl2NO2. The number of ether oxygens (including phenoxy) is 1. The number of benzene rings is 1. The average Bonchev–Trinajstić information content (AvgIpc) is 2.38. The van der Waals surface area contributed by atoms with Crippen LogP contribution in [0.3, 0.4) is 0 Å². The maximum Gasteiger partial charge on any atom is 0.224 e. The lowest BCUT2D eigenvalue weighted by Crippen LogP contribution is -2.27. The third kappa shape index (κ3) is 6.60. The van der Waals surface area contributed by atoms with Crippen LogP contribution in [0.5, 0.6) is 0 Å². The van der Waals surface area contributed by atoms with Gasteiger partial charge in [0.15, 0.2) is 0 Å². The first-order chi connectivity index (χ1) is 9.50. The zero-order chi connectivity index (χ0) is 15.0. The first-order valence-electron chi connectivity index (χ1n) is 6.78. The van der Waals surface area contributed by atoms with Gasteiger partial charge in [0.2, 0.25) is 5.91 Å². The Labute approximate surface area is 130 Å². The fourth-order valence-electron chi connectivity index (χ4n) is 1.65. The van der Waals surface area contributed by atoms with Crippen LogP contribution >= 0.6 is 23.2 Å². The van der Waals surface area contributed by atoms with Gasteiger partial charge in [-0.15, -0.1) is 0 Å². The Morgan fingerprint density at radius 3 is 2.55 bits per heavy atom. The van der Waals surface area contributed by atoms with Gasteiger partial charge in [0.1, 0.15) is 0 Å². The molecule has 20 heavy (non-hydrogen) atoms. The molecule has 0 aliphatic rings. The van der Waals surface area contributed by atoms with Crippen LogP contribution in [-0.2, 0) is 16.0 Å². The van der Waals surface area contributed by atoms with Crippen molar-refractivity contribution in [2.24, 2.45) is 5.92 Å². The number of carbonyl (C=O) groups is 1. The van der Waals surface area contributed by atoms with Crippen molar-refractivity contribution in [1.82, 2.24) is 5.32 Å². The summed E-state index contributed by atoms with van der Waals surface area (Å²) in [5, 5.41) is 3.88. The molecule has 1 N–H and O–H groups in total. The van der Waals surface area contributed by atoms with E-state index in [1.807, 2.05) is 0 Å². The van der Waals surface area contributed by atoms with Crippen LogP contribution in [-0.4, -0.2) is 25.7 Å². The first kappa shape index (κ1) is 17.3. The molecule has 1 aromatic carbocycles. The van der Waals surface area contributed by atoms with E-state index in [0.29, 0.717) is 34.7 Å². The molecule has 3 nitrogen and oxygen atoms in total. The van der Waals surface area contributed by atoms with Crippen LogP contribution in [0.15, 0.2) is 18.2 Å². The van der Waals surface area contributed by atoms with Crippen molar-refractivity contribution in [3.63, 3.8) is 0 Å². The standard InChI is InChI=1S/C15H21Cl2NO2/c1-11(2)10-20-8-4-7-18-15(19)9-12-13(16)5-3-6-14(12)17/h3,5-6,11H,4,7-10H2,1-2H3,(H,18,19). The molecule has 0 spiro atoms. The fourth-order valence-corrected chi connectivity index (χ4v) is 2.18. The summed E-state index contributed by atoms with van der Waals surface area (Å²) in [4.78, 5) is 11.8. The van der Waals surface area contributed by atoms with Gasteiger partial charge in [0.05, 0.1) is 6.42 Å². The maximum absolute atomic E-state index is 11.8. The first-order valence-corrected chi connectivity index (χ1v) is 7.53. The summed E-state index contributed by atoms with van der Waals surface area (Å²) < 4.78 is 5.44. The maximum atomic E-state index is 11.8. The molecule has 0 fully saturated rings. The van der Waals surface area contributed by atoms with E-state index in [9.17, 15) is 4.79 Å². The lowest BCUT2D eigenvalue weighted by atomic mass is 10.1. The highest BCUT2D eigenvalue weighted by Crippen LogP contribution is 2.24. The third-order valence-corrected chi connectivity index (χ3v) is 3.35. The lowest BCUT2D eigenvalue weighted by molar-refractivity contribution is -0.120. The molecular weight excluding hydrogens is 297 g/mol. The summed E-state index contributed by atoms with van der Waals surface area (Å²) in [6, 6.07) is 5.23. The normalized spacial score (nSPS) is 10.8. The van der Waals surface area contributed by atoms with Crippen molar-refractivity contribution < 1.29 is 9.53 Å². The topological polar surface area (TPSA) is 38.3 Å². The minimum atomic E-state index is -0.0798. The van der Waals surface area contributed by atoms with Gasteiger partial charge >= 0.3 is 0 Å². The second-order valence-corrected chi connectivity index (χ2v) is 5.86. The summed E-state index contributed by atoms with van der Waals surface area (Å²) in [6.45, 7) is 6.22. The Balaban J connectivity index is 2.24. The number of nitrogens with one attached hydrogen (secondary N) is 1. The van der Waals surface area contributed by atoms with E-state index in [-0.39, 0.29) is 12.3 Å². The largest absolute Gasteiger partial charge is 0.381 e. The molecule has 112 valence electrons. The van der Waals surface area contributed by atoms with Gasteiger partial charge in [0, 0.05) is 29.8 Å². The minimum Gasteiger partial charge on any atom is -0.381 e. The molecule has 1 amide bonds. The van der Waals surface area contributed by atoms with Gasteiger partial charge in [-0.05, 0) is 30.0 Å². The van der Waals surface area contributed by atoms with Gasteiger partial charge in [0.25, 0.3) is 0 Å². The van der Waals surface area contributed by atoms with Crippen molar-refractivity contribution in [2.75, 3.05) is 19.8 Å². The van der Waals surface area contributed by atoms with E-state index < -0.39 is 0 Å². The second-order valence-electron chi connectivity index (χ2n) is 5.05. The highest BCUT2D eigenvalue weighted by molar-refractivity contribution is 6.36. The minimum absolute atomic E-state index is 0.0798. The quantitative estimate of drug-likeness (QED) is 0.742. The Hall–Kier alpha value is -0.770. The number of amides is 1. The van der Waals surface area contributed by atoms with Crippen molar-refractivity contribution in [2.45, 2.75) is 26.7 Å². The van der Waals surface area contributed by atoms with Gasteiger partial charge in [-0.2, -0.15) is 0 Å². The highest BCUT2D eigenvalue weighted by Gasteiger charge is 2.10. The van der Waals surface area contributed by atoms with E-state index in [0.717, 1.165) is 13.0 Å². The van der Waals surface area contributed by atoms with Crippen molar-refractivity contribution in [3.8, 4) is 0 Å². The monoisotopic (exact) mass is 317 g/mol. The summed E-state index contributed by atoms with van der Waals surface area (Å²) in [5.41, 5.74) is 0.671.